The summed E-state index contributed by atoms with van der Waals surface area (Å²) < 4.78 is 11.9. The minimum absolute atomic E-state index is 0.00770. The van der Waals surface area contributed by atoms with Crippen molar-refractivity contribution in [2.24, 2.45) is 0 Å². The van der Waals surface area contributed by atoms with E-state index >= 15 is 0 Å². The van der Waals surface area contributed by atoms with Gasteiger partial charge in [0.2, 0.25) is 0 Å². The Bertz CT molecular complexity index is 1220. The van der Waals surface area contributed by atoms with Crippen molar-refractivity contribution in [2.45, 2.75) is 34.2 Å². The molecule has 0 radical (unpaired) electrons. The highest BCUT2D eigenvalue weighted by Crippen LogP contribution is 2.22. The Morgan fingerprint density at radius 1 is 1.18 bits per heavy atom. The average molecular weight is 471 g/mol. The van der Waals surface area contributed by atoms with Gasteiger partial charge in [-0.05, 0) is 44.9 Å². The van der Waals surface area contributed by atoms with Gasteiger partial charge in [-0.25, -0.2) is 0 Å². The molecule has 0 spiro atoms. The predicted octanol–water partition coefficient (Wildman–Crippen LogP) is 1.38. The fraction of sp³-hybridized carbons (Fsp3) is 0.381. The van der Waals surface area contributed by atoms with E-state index in [0.717, 1.165) is 11.1 Å². The highest BCUT2D eigenvalue weighted by Gasteiger charge is 2.23. The van der Waals surface area contributed by atoms with Gasteiger partial charge in [-0.1, -0.05) is 17.3 Å². The smallest absolute Gasteiger partial charge is 0.316 e. The van der Waals surface area contributed by atoms with Crippen LogP contribution in [0.3, 0.4) is 0 Å². The topological polar surface area (TPSA) is 167 Å². The Morgan fingerprint density at radius 3 is 2.62 bits per heavy atom. The fourth-order valence-corrected chi connectivity index (χ4v) is 3.18. The van der Waals surface area contributed by atoms with Crippen LogP contribution in [0.5, 0.6) is 5.75 Å². The molecule has 0 saturated carbocycles. The van der Waals surface area contributed by atoms with Gasteiger partial charge in [-0.15, -0.1) is 0 Å². The predicted molar refractivity (Wildman–Crippen MR) is 119 cm³/mol. The lowest BCUT2D eigenvalue weighted by molar-refractivity contribution is -0.386. The van der Waals surface area contributed by atoms with E-state index in [1.54, 1.807) is 13.0 Å². The van der Waals surface area contributed by atoms with Gasteiger partial charge >= 0.3 is 17.5 Å². The van der Waals surface area contributed by atoms with E-state index in [4.69, 9.17) is 9.26 Å². The molecule has 0 atom stereocenters. The monoisotopic (exact) mass is 471 g/mol. The van der Waals surface area contributed by atoms with Crippen molar-refractivity contribution in [1.29, 1.82) is 0 Å². The molecule has 34 heavy (non-hydrogen) atoms. The molecule has 0 saturated heterocycles. The van der Waals surface area contributed by atoms with E-state index in [9.17, 15) is 19.7 Å². The zero-order valence-electron chi connectivity index (χ0n) is 19.2. The molecule has 13 heteroatoms. The lowest BCUT2D eigenvalue weighted by atomic mass is 10.1. The number of nitro groups is 1. The Hall–Kier alpha value is -4.29. The Labute approximate surface area is 194 Å². The standard InChI is InChI=1S/C21H25N7O6/c1-12-6-5-7-16(13(12)2)33-11-18(29)22-8-9-23-20(30)21-24-17(26-34-21)10-27-15(4)19(28(31)32)14(3)25-27/h5-7H,8-11H2,1-4H3,(H,22,29)(H,23,30). The average Bonchev–Trinajstić information content (AvgIpc) is 3.36. The van der Waals surface area contributed by atoms with Crippen LogP contribution in [0.2, 0.25) is 0 Å². The summed E-state index contributed by atoms with van der Waals surface area (Å²) in [4.78, 5) is 38.8. The summed E-state index contributed by atoms with van der Waals surface area (Å²) >= 11 is 0. The zero-order valence-corrected chi connectivity index (χ0v) is 19.2. The van der Waals surface area contributed by atoms with Crippen LogP contribution in [0.25, 0.3) is 0 Å². The first-order chi connectivity index (χ1) is 16.2. The first-order valence-electron chi connectivity index (χ1n) is 10.4. The lowest BCUT2D eigenvalue weighted by Gasteiger charge is -2.11. The van der Waals surface area contributed by atoms with Crippen molar-refractivity contribution in [3.63, 3.8) is 0 Å². The Morgan fingerprint density at radius 2 is 1.91 bits per heavy atom. The minimum Gasteiger partial charge on any atom is -0.483 e. The molecule has 3 aromatic rings. The first-order valence-corrected chi connectivity index (χ1v) is 10.4. The number of carbonyl (C=O) groups is 2. The highest BCUT2D eigenvalue weighted by atomic mass is 16.6. The van der Waals surface area contributed by atoms with Gasteiger partial charge in [-0.3, -0.25) is 24.4 Å². The van der Waals surface area contributed by atoms with Crippen LogP contribution in [-0.2, 0) is 11.3 Å². The van der Waals surface area contributed by atoms with Gasteiger partial charge in [0.1, 0.15) is 23.7 Å². The molecule has 3 rings (SSSR count). The second kappa shape index (κ2) is 10.6. The summed E-state index contributed by atoms with van der Waals surface area (Å²) in [6.45, 7) is 7.15. The van der Waals surface area contributed by atoms with Gasteiger partial charge in [0, 0.05) is 13.1 Å². The molecule has 2 aromatic heterocycles. The number of hydrogen-bond donors (Lipinski definition) is 2. The number of rotatable bonds is 10. The van der Waals surface area contributed by atoms with Gasteiger partial charge in [0.05, 0.1) is 4.92 Å². The van der Waals surface area contributed by atoms with Crippen LogP contribution in [0, 0.1) is 37.8 Å². The van der Waals surface area contributed by atoms with Crippen molar-refractivity contribution < 1.29 is 23.8 Å². The Balaban J connectivity index is 1.43. The third-order valence-electron chi connectivity index (χ3n) is 5.13. The molecule has 0 unspecified atom stereocenters. The SMILES string of the molecule is Cc1cccc(OCC(=O)NCCNC(=O)c2nc(Cn3nc(C)c([N+](=O)[O-])c3C)no2)c1C. The summed E-state index contributed by atoms with van der Waals surface area (Å²) in [5, 5.41) is 24.1. The molecule has 1 aromatic carbocycles. The van der Waals surface area contributed by atoms with E-state index in [1.807, 2.05) is 26.0 Å². The van der Waals surface area contributed by atoms with Crippen molar-refractivity contribution in [3.05, 3.63) is 62.5 Å². The normalized spacial score (nSPS) is 10.7. The summed E-state index contributed by atoms with van der Waals surface area (Å²) in [6.07, 6.45) is 0. The van der Waals surface area contributed by atoms with E-state index in [1.165, 1.54) is 11.6 Å². The maximum absolute atomic E-state index is 12.2. The third-order valence-corrected chi connectivity index (χ3v) is 5.13. The van der Waals surface area contributed by atoms with Crippen LogP contribution in [0.1, 0.15) is 39.0 Å². The first kappa shape index (κ1) is 24.4. The fourth-order valence-electron chi connectivity index (χ4n) is 3.18. The zero-order chi connectivity index (χ0) is 24.8. The van der Waals surface area contributed by atoms with Gasteiger partial charge in [0.25, 0.3) is 5.91 Å². The van der Waals surface area contributed by atoms with Crippen molar-refractivity contribution in [1.82, 2.24) is 30.6 Å². The summed E-state index contributed by atoms with van der Waals surface area (Å²) in [5.41, 5.74) is 2.57. The van der Waals surface area contributed by atoms with Gasteiger partial charge in [0.15, 0.2) is 12.4 Å². The number of aromatic nitrogens is 4. The minimum atomic E-state index is -0.612. The van der Waals surface area contributed by atoms with Crippen LogP contribution in [0.15, 0.2) is 22.7 Å². The molecular weight excluding hydrogens is 446 g/mol. The lowest BCUT2D eigenvalue weighted by Crippen LogP contribution is -2.36. The molecule has 13 nitrogen and oxygen atoms in total. The number of ether oxygens (including phenoxy) is 1. The van der Waals surface area contributed by atoms with E-state index in [2.05, 4.69) is 25.9 Å². The van der Waals surface area contributed by atoms with Crippen LogP contribution >= 0.6 is 0 Å². The number of carbonyl (C=O) groups excluding carboxylic acids is 2. The van der Waals surface area contributed by atoms with Crippen LogP contribution in [-0.4, -0.2) is 56.4 Å². The quantitative estimate of drug-likeness (QED) is 0.252. The second-order valence-corrected chi connectivity index (χ2v) is 7.54. The van der Waals surface area contributed by atoms with Gasteiger partial charge in [-0.2, -0.15) is 10.1 Å². The number of hydrogen-bond acceptors (Lipinski definition) is 9. The number of nitrogens with one attached hydrogen (secondary N) is 2. The van der Waals surface area contributed by atoms with E-state index in [-0.39, 0.29) is 55.2 Å². The Kier molecular flexibility index (Phi) is 7.56. The molecule has 0 fully saturated rings. The number of benzene rings is 1. The molecule has 2 heterocycles. The maximum atomic E-state index is 12.2. The summed E-state index contributed by atoms with van der Waals surface area (Å²) in [6, 6.07) is 5.61. The third kappa shape index (κ3) is 5.74. The second-order valence-electron chi connectivity index (χ2n) is 7.54. The number of nitrogens with zero attached hydrogens (tertiary/aromatic N) is 5. The molecule has 0 aliphatic carbocycles. The highest BCUT2D eigenvalue weighted by molar-refractivity contribution is 5.89. The van der Waals surface area contributed by atoms with Gasteiger partial charge < -0.3 is 19.9 Å². The molecule has 2 amide bonds. The number of aryl methyl sites for hydroxylation is 2. The van der Waals surface area contributed by atoms with Crippen LogP contribution < -0.4 is 15.4 Å². The molecule has 2 N–H and O–H groups in total. The summed E-state index contributed by atoms with van der Waals surface area (Å²) in [5.74, 6) is -0.419. The molecule has 0 aliphatic rings. The van der Waals surface area contributed by atoms with Crippen LogP contribution in [0.4, 0.5) is 5.69 Å². The van der Waals surface area contributed by atoms with Crippen molar-refractivity contribution in [3.8, 4) is 5.75 Å². The van der Waals surface area contributed by atoms with E-state index < -0.39 is 10.8 Å². The molecule has 0 aliphatic heterocycles. The maximum Gasteiger partial charge on any atom is 0.316 e. The van der Waals surface area contributed by atoms with Crippen molar-refractivity contribution in [2.75, 3.05) is 19.7 Å². The molecule has 0 bridgehead atoms. The molecule has 180 valence electrons. The summed E-state index contributed by atoms with van der Waals surface area (Å²) in [7, 11) is 0. The van der Waals surface area contributed by atoms with E-state index in [0.29, 0.717) is 11.4 Å². The molecular formula is C21H25N7O6. The largest absolute Gasteiger partial charge is 0.483 e. The van der Waals surface area contributed by atoms with Crippen molar-refractivity contribution >= 4 is 17.5 Å². The number of amides is 2.